The van der Waals surface area contributed by atoms with Gasteiger partial charge in [-0.15, -0.1) is 0 Å². The Bertz CT molecular complexity index is 1090. The zero-order chi connectivity index (χ0) is 22.5. The second-order valence-corrected chi connectivity index (χ2v) is 8.00. The Morgan fingerprint density at radius 3 is 2.41 bits per heavy atom. The van der Waals surface area contributed by atoms with E-state index in [2.05, 4.69) is 10.1 Å². The van der Waals surface area contributed by atoms with Crippen molar-refractivity contribution in [2.24, 2.45) is 0 Å². The molecular weight excluding hydrogens is 432 g/mol. The van der Waals surface area contributed by atoms with Crippen LogP contribution in [0.4, 0.5) is 0 Å². The third-order valence-electron chi connectivity index (χ3n) is 5.41. The third kappa shape index (κ3) is 5.08. The first-order valence-electron chi connectivity index (χ1n) is 10.4. The Labute approximate surface area is 190 Å². The summed E-state index contributed by atoms with van der Waals surface area (Å²) in [5, 5.41) is 14.5. The molecule has 2 aromatic carbocycles. The normalized spacial score (nSPS) is 13.9. The van der Waals surface area contributed by atoms with E-state index >= 15 is 0 Å². The number of benzene rings is 2. The SMILES string of the molecule is O=C(CCCc1nc(-c2ccc(Cl)cc2)no1)N1CCN(C(=O)c2ccccc2O)CC1. The minimum Gasteiger partial charge on any atom is -0.507 e. The van der Waals surface area contributed by atoms with Gasteiger partial charge in [0.1, 0.15) is 5.75 Å². The first kappa shape index (κ1) is 21.8. The number of hydrogen-bond donors (Lipinski definition) is 1. The highest BCUT2D eigenvalue weighted by Crippen LogP contribution is 2.20. The summed E-state index contributed by atoms with van der Waals surface area (Å²) in [6, 6.07) is 13.7. The highest BCUT2D eigenvalue weighted by Gasteiger charge is 2.25. The second-order valence-electron chi connectivity index (χ2n) is 7.56. The molecule has 1 fully saturated rings. The van der Waals surface area contributed by atoms with Crippen LogP contribution in [0.2, 0.25) is 5.02 Å². The molecule has 3 aromatic rings. The van der Waals surface area contributed by atoms with Crippen molar-refractivity contribution < 1.29 is 19.2 Å². The minimum absolute atomic E-state index is 0.0312. The summed E-state index contributed by atoms with van der Waals surface area (Å²) in [7, 11) is 0. The van der Waals surface area contributed by atoms with Crippen molar-refractivity contribution in [3.63, 3.8) is 0 Å². The second kappa shape index (κ2) is 9.82. The molecule has 8 nitrogen and oxygen atoms in total. The maximum Gasteiger partial charge on any atom is 0.257 e. The average Bonchev–Trinajstić information content (AvgIpc) is 3.28. The number of aromatic nitrogens is 2. The molecule has 166 valence electrons. The van der Waals surface area contributed by atoms with E-state index in [0.717, 1.165) is 5.56 Å². The minimum atomic E-state index is -0.219. The molecular formula is C23H23ClN4O4. The van der Waals surface area contributed by atoms with Crippen LogP contribution in [0.3, 0.4) is 0 Å². The quantitative estimate of drug-likeness (QED) is 0.612. The van der Waals surface area contributed by atoms with Gasteiger partial charge in [0.05, 0.1) is 5.56 Å². The molecule has 1 aromatic heterocycles. The Morgan fingerprint density at radius 2 is 1.69 bits per heavy atom. The number of phenols is 1. The van der Waals surface area contributed by atoms with Gasteiger partial charge < -0.3 is 19.4 Å². The highest BCUT2D eigenvalue weighted by molar-refractivity contribution is 6.30. The smallest absolute Gasteiger partial charge is 0.257 e. The van der Waals surface area contributed by atoms with Crippen LogP contribution < -0.4 is 0 Å². The molecule has 1 N–H and O–H groups in total. The lowest BCUT2D eigenvalue weighted by atomic mass is 10.1. The van der Waals surface area contributed by atoms with Crippen molar-refractivity contribution in [2.75, 3.05) is 26.2 Å². The van der Waals surface area contributed by atoms with E-state index in [-0.39, 0.29) is 23.1 Å². The molecule has 0 saturated carbocycles. The number of hydrogen-bond acceptors (Lipinski definition) is 6. The number of amides is 2. The number of nitrogens with zero attached hydrogens (tertiary/aromatic N) is 4. The lowest BCUT2D eigenvalue weighted by molar-refractivity contribution is -0.132. The van der Waals surface area contributed by atoms with Crippen LogP contribution in [0.1, 0.15) is 29.1 Å². The Hall–Kier alpha value is -3.39. The van der Waals surface area contributed by atoms with E-state index in [1.165, 1.54) is 6.07 Å². The predicted molar refractivity (Wildman–Crippen MR) is 118 cm³/mol. The van der Waals surface area contributed by atoms with Gasteiger partial charge in [-0.3, -0.25) is 9.59 Å². The molecule has 1 saturated heterocycles. The maximum atomic E-state index is 12.6. The summed E-state index contributed by atoms with van der Waals surface area (Å²) in [6.45, 7) is 1.82. The topological polar surface area (TPSA) is 99.8 Å². The number of carbonyl (C=O) groups excluding carboxylic acids is 2. The van der Waals surface area contributed by atoms with Gasteiger partial charge >= 0.3 is 0 Å². The van der Waals surface area contributed by atoms with Crippen molar-refractivity contribution in [3.8, 4) is 17.1 Å². The van der Waals surface area contributed by atoms with Crippen molar-refractivity contribution >= 4 is 23.4 Å². The van der Waals surface area contributed by atoms with Gasteiger partial charge in [-0.1, -0.05) is 28.9 Å². The van der Waals surface area contributed by atoms with E-state index < -0.39 is 0 Å². The number of carbonyl (C=O) groups is 2. The van der Waals surface area contributed by atoms with Crippen LogP contribution in [0, 0.1) is 0 Å². The molecule has 0 aliphatic carbocycles. The summed E-state index contributed by atoms with van der Waals surface area (Å²) in [6.07, 6.45) is 1.47. The summed E-state index contributed by atoms with van der Waals surface area (Å²) in [5.74, 6) is 0.769. The Kier molecular flexibility index (Phi) is 6.70. The van der Waals surface area contributed by atoms with Crippen LogP contribution in [0.5, 0.6) is 5.75 Å². The fourth-order valence-corrected chi connectivity index (χ4v) is 3.73. The van der Waals surface area contributed by atoms with Gasteiger partial charge in [-0.05, 0) is 42.8 Å². The average molecular weight is 455 g/mol. The molecule has 32 heavy (non-hydrogen) atoms. The summed E-state index contributed by atoms with van der Waals surface area (Å²) in [5.41, 5.74) is 1.10. The zero-order valence-electron chi connectivity index (χ0n) is 17.4. The first-order valence-corrected chi connectivity index (χ1v) is 10.8. The molecule has 1 aliphatic heterocycles. The molecule has 0 unspecified atom stereocenters. The standard InChI is InChI=1S/C23H23ClN4O4/c24-17-10-8-16(9-11-17)22-25-20(32-26-22)6-3-7-21(30)27-12-14-28(15-13-27)23(31)18-4-1-2-5-19(18)29/h1-2,4-5,8-11,29H,3,6-7,12-15H2. The fourth-order valence-electron chi connectivity index (χ4n) is 3.61. The number of aromatic hydroxyl groups is 1. The third-order valence-corrected chi connectivity index (χ3v) is 5.66. The largest absolute Gasteiger partial charge is 0.507 e. The van der Waals surface area contributed by atoms with Gasteiger partial charge in [0.2, 0.25) is 17.6 Å². The highest BCUT2D eigenvalue weighted by atomic mass is 35.5. The number of phenolic OH excluding ortho intramolecular Hbond substituents is 1. The molecule has 0 atom stereocenters. The molecule has 0 radical (unpaired) electrons. The van der Waals surface area contributed by atoms with Gasteiger partial charge in [-0.2, -0.15) is 4.98 Å². The lowest BCUT2D eigenvalue weighted by Crippen LogP contribution is -2.50. The van der Waals surface area contributed by atoms with Crippen molar-refractivity contribution in [2.45, 2.75) is 19.3 Å². The summed E-state index contributed by atoms with van der Waals surface area (Å²) >= 11 is 5.89. The maximum absolute atomic E-state index is 12.6. The lowest BCUT2D eigenvalue weighted by Gasteiger charge is -2.35. The zero-order valence-corrected chi connectivity index (χ0v) is 18.2. The van der Waals surface area contributed by atoms with Crippen LogP contribution in [0.15, 0.2) is 53.1 Å². The van der Waals surface area contributed by atoms with E-state index in [4.69, 9.17) is 16.1 Å². The molecule has 0 bridgehead atoms. The fraction of sp³-hybridized carbons (Fsp3) is 0.304. The van der Waals surface area contributed by atoms with E-state index in [0.29, 0.717) is 62.2 Å². The van der Waals surface area contributed by atoms with Gasteiger partial charge in [-0.25, -0.2) is 0 Å². The van der Waals surface area contributed by atoms with Crippen LogP contribution >= 0.6 is 11.6 Å². The Balaban J connectivity index is 1.22. The number of aryl methyl sites for hydroxylation is 1. The summed E-state index contributed by atoms with van der Waals surface area (Å²) < 4.78 is 5.29. The van der Waals surface area contributed by atoms with Crippen molar-refractivity contribution in [3.05, 3.63) is 65.0 Å². The first-order chi connectivity index (χ1) is 15.5. The molecule has 2 heterocycles. The molecule has 2 amide bonds. The molecule has 1 aliphatic rings. The van der Waals surface area contributed by atoms with Crippen molar-refractivity contribution in [1.29, 1.82) is 0 Å². The van der Waals surface area contributed by atoms with E-state index in [9.17, 15) is 14.7 Å². The Morgan fingerprint density at radius 1 is 1.00 bits per heavy atom. The van der Waals surface area contributed by atoms with Crippen molar-refractivity contribution in [1.82, 2.24) is 19.9 Å². The predicted octanol–water partition coefficient (Wildman–Crippen LogP) is 3.40. The monoisotopic (exact) mass is 454 g/mol. The number of halogens is 1. The summed E-state index contributed by atoms with van der Waals surface area (Å²) in [4.78, 5) is 32.9. The number of para-hydroxylation sites is 1. The van der Waals surface area contributed by atoms with E-state index in [1.54, 1.807) is 40.1 Å². The van der Waals surface area contributed by atoms with E-state index in [1.807, 2.05) is 12.1 Å². The van der Waals surface area contributed by atoms with Crippen LogP contribution in [0.25, 0.3) is 11.4 Å². The van der Waals surface area contributed by atoms with Crippen LogP contribution in [-0.4, -0.2) is 63.0 Å². The van der Waals surface area contributed by atoms with Gasteiger partial charge in [0, 0.05) is 49.6 Å². The van der Waals surface area contributed by atoms with Gasteiger partial charge in [0.25, 0.3) is 5.91 Å². The van der Waals surface area contributed by atoms with Gasteiger partial charge in [0.15, 0.2) is 0 Å². The number of piperazine rings is 1. The molecule has 0 spiro atoms. The molecule has 4 rings (SSSR count). The number of rotatable bonds is 6. The molecule has 9 heteroatoms. The van der Waals surface area contributed by atoms with Crippen LogP contribution in [-0.2, 0) is 11.2 Å².